The number of hydrogen-bond donors (Lipinski definition) is 2. The first-order chi connectivity index (χ1) is 19.8. The Labute approximate surface area is 252 Å². The molecule has 7 nitrogen and oxygen atoms in total. The molecule has 2 N–H and O–H groups in total. The summed E-state index contributed by atoms with van der Waals surface area (Å²) in [5.41, 5.74) is 2.90. The molecule has 2 atom stereocenters. The lowest BCUT2D eigenvalue weighted by atomic mass is 9.95. The van der Waals surface area contributed by atoms with Crippen LogP contribution in [0.2, 0.25) is 0 Å². The van der Waals surface area contributed by atoms with E-state index < -0.39 is 23.8 Å². The molecule has 7 heteroatoms. The standard InChI is InChI=1S/C35H49N3O4/c1-10-12-13-16-22-38(33(40)29(23-24(3)4)36-34(41)42-35(7,8)9)31(28-21-15-14-20-27(28)11-2)32(39)37-30-25(5)18-17-19-26(30)6/h2,14-15,17-21,24,29,31H,10,12-13,16,22-23H2,1,3-9H3,(H,36,41)(H,37,39). The highest BCUT2D eigenvalue weighted by Gasteiger charge is 2.37. The summed E-state index contributed by atoms with van der Waals surface area (Å²) in [7, 11) is 0. The Kier molecular flexibility index (Phi) is 13.1. The second-order valence-electron chi connectivity index (χ2n) is 12.3. The largest absolute Gasteiger partial charge is 0.444 e. The number of ether oxygens (including phenoxy) is 1. The predicted octanol–water partition coefficient (Wildman–Crippen LogP) is 7.31. The maximum atomic E-state index is 14.5. The van der Waals surface area contributed by atoms with Crippen LogP contribution in [0.15, 0.2) is 42.5 Å². The Morgan fingerprint density at radius 1 is 0.976 bits per heavy atom. The Balaban J connectivity index is 2.65. The zero-order chi connectivity index (χ0) is 31.4. The van der Waals surface area contributed by atoms with E-state index in [0.717, 1.165) is 30.4 Å². The molecule has 0 fully saturated rings. The number of aryl methyl sites for hydroxylation is 2. The molecule has 0 bridgehead atoms. The first-order valence-electron chi connectivity index (χ1n) is 15.0. The van der Waals surface area contributed by atoms with Gasteiger partial charge in [0.05, 0.1) is 0 Å². The molecule has 0 aromatic heterocycles. The van der Waals surface area contributed by atoms with Crippen molar-refractivity contribution in [3.8, 4) is 12.3 Å². The molecule has 228 valence electrons. The third-order valence-corrected chi connectivity index (χ3v) is 6.93. The van der Waals surface area contributed by atoms with Crippen LogP contribution < -0.4 is 10.6 Å². The second kappa shape index (κ2) is 16.0. The number of carbonyl (C=O) groups is 3. The number of alkyl carbamates (subject to hydrolysis) is 1. The highest BCUT2D eigenvalue weighted by atomic mass is 16.6. The molecular weight excluding hydrogens is 526 g/mol. The minimum Gasteiger partial charge on any atom is -0.444 e. The number of amides is 3. The van der Waals surface area contributed by atoms with E-state index in [1.54, 1.807) is 37.8 Å². The topological polar surface area (TPSA) is 87.7 Å². The van der Waals surface area contributed by atoms with Crippen LogP contribution in [0.1, 0.15) is 102 Å². The summed E-state index contributed by atoms with van der Waals surface area (Å²) in [6.07, 6.45) is 9.24. The van der Waals surface area contributed by atoms with E-state index in [-0.39, 0.29) is 17.7 Å². The smallest absolute Gasteiger partial charge is 0.408 e. The van der Waals surface area contributed by atoms with Gasteiger partial charge in [-0.25, -0.2) is 4.79 Å². The van der Waals surface area contributed by atoms with E-state index >= 15 is 0 Å². The van der Waals surface area contributed by atoms with Crippen LogP contribution in [-0.2, 0) is 14.3 Å². The SMILES string of the molecule is C#Cc1ccccc1C(C(=O)Nc1c(C)cccc1C)N(CCCCCC)C(=O)C(CC(C)C)NC(=O)OC(C)(C)C. The fraction of sp³-hybridized carbons (Fsp3) is 0.514. The van der Waals surface area contributed by atoms with E-state index in [2.05, 4.69) is 23.5 Å². The molecule has 0 spiro atoms. The third-order valence-electron chi connectivity index (χ3n) is 6.93. The van der Waals surface area contributed by atoms with Crippen molar-refractivity contribution in [3.63, 3.8) is 0 Å². The van der Waals surface area contributed by atoms with Crippen molar-refractivity contribution >= 4 is 23.6 Å². The highest BCUT2D eigenvalue weighted by Crippen LogP contribution is 2.30. The Morgan fingerprint density at radius 2 is 1.62 bits per heavy atom. The zero-order valence-corrected chi connectivity index (χ0v) is 26.7. The molecule has 0 saturated carbocycles. The Hall–Kier alpha value is -3.79. The molecule has 42 heavy (non-hydrogen) atoms. The van der Waals surface area contributed by atoms with Crippen molar-refractivity contribution in [1.82, 2.24) is 10.2 Å². The van der Waals surface area contributed by atoms with Crippen LogP contribution in [0.5, 0.6) is 0 Å². The number of carbonyl (C=O) groups excluding carboxylic acids is 3. The maximum Gasteiger partial charge on any atom is 0.408 e. The fourth-order valence-corrected chi connectivity index (χ4v) is 4.94. The van der Waals surface area contributed by atoms with Crippen molar-refractivity contribution < 1.29 is 19.1 Å². The lowest BCUT2D eigenvalue weighted by molar-refractivity contribution is -0.141. The number of para-hydroxylation sites is 1. The summed E-state index contributed by atoms with van der Waals surface area (Å²) < 4.78 is 5.50. The molecule has 0 heterocycles. The first-order valence-corrected chi connectivity index (χ1v) is 15.0. The van der Waals surface area contributed by atoms with Crippen LogP contribution in [0.25, 0.3) is 0 Å². The highest BCUT2D eigenvalue weighted by molar-refractivity contribution is 6.00. The average molecular weight is 576 g/mol. The zero-order valence-electron chi connectivity index (χ0n) is 26.7. The van der Waals surface area contributed by atoms with Gasteiger partial charge in [-0.15, -0.1) is 6.42 Å². The lowest BCUT2D eigenvalue weighted by Gasteiger charge is -2.35. The van der Waals surface area contributed by atoms with Crippen LogP contribution in [-0.4, -0.2) is 41.0 Å². The van der Waals surface area contributed by atoms with Gasteiger partial charge in [0.25, 0.3) is 5.91 Å². The maximum absolute atomic E-state index is 14.5. The molecule has 2 unspecified atom stereocenters. The van der Waals surface area contributed by atoms with E-state index in [9.17, 15) is 14.4 Å². The van der Waals surface area contributed by atoms with Crippen molar-refractivity contribution in [2.45, 2.75) is 105 Å². The molecular formula is C35H49N3O4. The monoisotopic (exact) mass is 575 g/mol. The van der Waals surface area contributed by atoms with Gasteiger partial charge in [0.1, 0.15) is 17.7 Å². The number of benzene rings is 2. The first kappa shape index (κ1) is 34.4. The Bertz CT molecular complexity index is 1240. The van der Waals surface area contributed by atoms with Gasteiger partial charge in [-0.05, 0) is 76.1 Å². The lowest BCUT2D eigenvalue weighted by Crippen LogP contribution is -2.53. The van der Waals surface area contributed by atoms with E-state index in [0.29, 0.717) is 36.2 Å². The summed E-state index contributed by atoms with van der Waals surface area (Å²) in [4.78, 5) is 43.2. The summed E-state index contributed by atoms with van der Waals surface area (Å²) in [5.74, 6) is 2.08. The van der Waals surface area contributed by atoms with Crippen LogP contribution in [0.4, 0.5) is 10.5 Å². The van der Waals surface area contributed by atoms with Gasteiger partial charge < -0.3 is 20.3 Å². The number of hydrogen-bond acceptors (Lipinski definition) is 4. The van der Waals surface area contributed by atoms with Crippen LogP contribution in [0.3, 0.4) is 0 Å². The van der Waals surface area contributed by atoms with E-state index in [4.69, 9.17) is 11.2 Å². The number of rotatable bonds is 13. The molecule has 0 aliphatic carbocycles. The number of nitrogens with one attached hydrogen (secondary N) is 2. The molecule has 0 radical (unpaired) electrons. The van der Waals surface area contributed by atoms with Gasteiger partial charge >= 0.3 is 6.09 Å². The molecule has 0 aliphatic rings. The average Bonchev–Trinajstić information content (AvgIpc) is 2.90. The minimum absolute atomic E-state index is 0.0933. The summed E-state index contributed by atoms with van der Waals surface area (Å²) >= 11 is 0. The molecule has 2 rings (SSSR count). The molecule has 2 aromatic rings. The van der Waals surface area contributed by atoms with Crippen LogP contribution >= 0.6 is 0 Å². The van der Waals surface area contributed by atoms with Crippen molar-refractivity contribution in [1.29, 1.82) is 0 Å². The Morgan fingerprint density at radius 3 is 2.19 bits per heavy atom. The van der Waals surface area contributed by atoms with E-state index in [1.165, 1.54) is 0 Å². The van der Waals surface area contributed by atoms with Gasteiger partial charge in [-0.2, -0.15) is 0 Å². The van der Waals surface area contributed by atoms with Gasteiger partial charge in [0.15, 0.2) is 0 Å². The third kappa shape index (κ3) is 10.2. The van der Waals surface area contributed by atoms with Crippen LogP contribution in [0, 0.1) is 32.1 Å². The van der Waals surface area contributed by atoms with Gasteiger partial charge in [0.2, 0.25) is 5.91 Å². The van der Waals surface area contributed by atoms with Gasteiger partial charge in [-0.3, -0.25) is 9.59 Å². The normalized spacial score (nSPS) is 12.7. The minimum atomic E-state index is -1.01. The molecule has 2 aromatic carbocycles. The van der Waals surface area contributed by atoms with Gasteiger partial charge in [-0.1, -0.05) is 82.4 Å². The molecule has 3 amide bonds. The molecule has 0 aliphatic heterocycles. The summed E-state index contributed by atoms with van der Waals surface area (Å²) in [6, 6.07) is 11.1. The van der Waals surface area contributed by atoms with Crippen molar-refractivity contribution in [2.75, 3.05) is 11.9 Å². The second-order valence-corrected chi connectivity index (χ2v) is 12.3. The van der Waals surface area contributed by atoms with Gasteiger partial charge in [0, 0.05) is 17.8 Å². The number of unbranched alkanes of at least 4 members (excludes halogenated alkanes) is 3. The number of anilines is 1. The predicted molar refractivity (Wildman–Crippen MR) is 170 cm³/mol. The fourth-order valence-electron chi connectivity index (χ4n) is 4.94. The van der Waals surface area contributed by atoms with Crippen molar-refractivity contribution in [3.05, 3.63) is 64.7 Å². The molecule has 0 saturated heterocycles. The van der Waals surface area contributed by atoms with Crippen molar-refractivity contribution in [2.24, 2.45) is 5.92 Å². The van der Waals surface area contributed by atoms with E-state index in [1.807, 2.05) is 58.0 Å². The summed E-state index contributed by atoms with van der Waals surface area (Å²) in [5, 5.41) is 5.91. The number of nitrogens with zero attached hydrogens (tertiary/aromatic N) is 1. The quantitative estimate of drug-likeness (QED) is 0.194. The summed E-state index contributed by atoms with van der Waals surface area (Å²) in [6.45, 7) is 15.6. The number of terminal acetylenes is 1.